The van der Waals surface area contributed by atoms with Crippen LogP contribution in [0.5, 0.6) is 5.75 Å². The van der Waals surface area contributed by atoms with Gasteiger partial charge in [-0.25, -0.2) is 4.39 Å². The Morgan fingerprint density at radius 2 is 2.04 bits per heavy atom. The van der Waals surface area contributed by atoms with Gasteiger partial charge in [0.25, 0.3) is 0 Å². The molecular weight excluding hydrogens is 452 g/mol. The zero-order chi connectivity index (χ0) is 18.1. The quantitative estimate of drug-likeness (QED) is 0.386. The minimum atomic E-state index is -0.225. The number of alkyl halides is 1. The maximum absolute atomic E-state index is 13.7. The fourth-order valence-electron chi connectivity index (χ4n) is 2.68. The van der Waals surface area contributed by atoms with Crippen molar-refractivity contribution in [1.29, 1.82) is 0 Å². The second-order valence-corrected chi connectivity index (χ2v) is 6.54. The third-order valence-corrected chi connectivity index (χ3v) is 5.22. The van der Waals surface area contributed by atoms with Crippen molar-refractivity contribution in [3.05, 3.63) is 59.9 Å². The molecule has 1 heterocycles. The van der Waals surface area contributed by atoms with Gasteiger partial charge in [-0.1, -0.05) is 46.9 Å². The lowest BCUT2D eigenvalue weighted by Gasteiger charge is -2.31. The number of para-hydroxylation sites is 1. The first kappa shape index (κ1) is 20.5. The van der Waals surface area contributed by atoms with Gasteiger partial charge >= 0.3 is 0 Å². The van der Waals surface area contributed by atoms with E-state index in [2.05, 4.69) is 27.9 Å². The van der Waals surface area contributed by atoms with Gasteiger partial charge in [0, 0.05) is 13.1 Å². The minimum absolute atomic E-state index is 0.00481. The predicted octanol–water partition coefficient (Wildman–Crippen LogP) is 4.71. The highest BCUT2D eigenvalue weighted by Crippen LogP contribution is 2.43. The van der Waals surface area contributed by atoms with E-state index in [1.165, 1.54) is 6.07 Å². The Labute approximate surface area is 166 Å². The summed E-state index contributed by atoms with van der Waals surface area (Å²) < 4.78 is 25.1. The molecule has 1 saturated heterocycles. The van der Waals surface area contributed by atoms with Crippen LogP contribution in [0, 0.1) is 5.82 Å². The molecule has 0 spiro atoms. The summed E-state index contributed by atoms with van der Waals surface area (Å²) >= 11 is 3.80. The number of hydrogen-bond acceptors (Lipinski definition) is 4. The van der Waals surface area contributed by atoms with Gasteiger partial charge in [-0.2, -0.15) is 0 Å². The van der Waals surface area contributed by atoms with Crippen LogP contribution in [0.1, 0.15) is 10.8 Å². The maximum atomic E-state index is 13.7. The molecule has 3 rings (SSSR count). The lowest BCUT2D eigenvalue weighted by molar-refractivity contribution is 0.0273. The van der Waals surface area contributed by atoms with Crippen LogP contribution in [0.2, 0.25) is 0 Å². The van der Waals surface area contributed by atoms with Crippen molar-refractivity contribution in [1.82, 2.24) is 5.32 Å². The highest BCUT2D eigenvalue weighted by atomic mass is 127. The highest BCUT2D eigenvalue weighted by Gasteiger charge is 2.28. The van der Waals surface area contributed by atoms with Gasteiger partial charge in [0.05, 0.1) is 30.0 Å². The van der Waals surface area contributed by atoms with E-state index in [1.54, 1.807) is 31.0 Å². The average molecular weight is 475 g/mol. The van der Waals surface area contributed by atoms with Crippen LogP contribution in [0.15, 0.2) is 53.4 Å². The summed E-state index contributed by atoms with van der Waals surface area (Å²) in [6.45, 7) is 2.28. The Kier molecular flexibility index (Phi) is 9.02. The zero-order valence-electron chi connectivity index (χ0n) is 14.4. The Balaban J connectivity index is 0.00000109. The third-order valence-electron chi connectivity index (χ3n) is 3.79. The number of thioether (sulfide) groups is 1. The van der Waals surface area contributed by atoms with Crippen LogP contribution >= 0.6 is 34.4 Å². The molecule has 1 fully saturated rings. The molecule has 1 aliphatic heterocycles. The fourth-order valence-corrected chi connectivity index (χ4v) is 3.98. The molecule has 6 heteroatoms. The van der Waals surface area contributed by atoms with Gasteiger partial charge in [-0.3, -0.25) is 0 Å². The molecule has 2 atom stereocenters. The lowest BCUT2D eigenvalue weighted by atomic mass is 10.1. The van der Waals surface area contributed by atoms with E-state index in [9.17, 15) is 4.39 Å². The molecule has 0 saturated carbocycles. The number of hydrogen-bond donors (Lipinski definition) is 1. The zero-order valence-corrected chi connectivity index (χ0v) is 17.3. The van der Waals surface area contributed by atoms with Crippen molar-refractivity contribution in [2.24, 2.45) is 0 Å². The monoisotopic (exact) mass is 475 g/mol. The molecule has 0 aromatic heterocycles. The van der Waals surface area contributed by atoms with E-state index in [1.807, 2.05) is 35.3 Å². The van der Waals surface area contributed by atoms with Crippen LogP contribution in [0.3, 0.4) is 0 Å². The van der Waals surface area contributed by atoms with E-state index >= 15 is 0 Å². The molecule has 3 nitrogen and oxygen atoms in total. The van der Waals surface area contributed by atoms with Crippen molar-refractivity contribution < 1.29 is 13.9 Å². The molecule has 1 N–H and O–H groups in total. The Hall–Kier alpha value is -0.830. The van der Waals surface area contributed by atoms with Crippen LogP contribution in [-0.4, -0.2) is 37.8 Å². The lowest BCUT2D eigenvalue weighted by Crippen LogP contribution is -2.41. The van der Waals surface area contributed by atoms with Crippen LogP contribution in [0.4, 0.5) is 4.39 Å². The van der Waals surface area contributed by atoms with Gasteiger partial charge < -0.3 is 14.8 Å². The van der Waals surface area contributed by atoms with Gasteiger partial charge in [0.1, 0.15) is 11.6 Å². The van der Waals surface area contributed by atoms with Crippen molar-refractivity contribution in [2.45, 2.75) is 16.2 Å². The summed E-state index contributed by atoms with van der Waals surface area (Å²) in [7, 11) is 1.66. The maximum Gasteiger partial charge on any atom is 0.132 e. The first-order valence-electron chi connectivity index (χ1n) is 8.03. The number of nitrogens with one attached hydrogen (secondary N) is 1. The number of methoxy groups -OCH3 is 1. The first-order chi connectivity index (χ1) is 12.3. The van der Waals surface area contributed by atoms with Crippen LogP contribution in [0.25, 0.3) is 0 Å². The molecule has 0 bridgehead atoms. The summed E-state index contributed by atoms with van der Waals surface area (Å²) in [4.78, 5) is 3.00. The SMILES string of the molecule is CI.COc1ccccc1S[C@H](c1cccc(F)c1)[C@H]1CNCCO1. The van der Waals surface area contributed by atoms with Crippen LogP contribution < -0.4 is 10.1 Å². The van der Waals surface area contributed by atoms with Crippen molar-refractivity contribution >= 4 is 34.4 Å². The van der Waals surface area contributed by atoms with Crippen LogP contribution in [-0.2, 0) is 4.74 Å². The number of morpholine rings is 1. The average Bonchev–Trinajstić information content (AvgIpc) is 2.68. The van der Waals surface area contributed by atoms with E-state index in [0.29, 0.717) is 6.61 Å². The number of rotatable bonds is 5. The normalized spacial score (nSPS) is 18.0. The smallest absolute Gasteiger partial charge is 0.132 e. The summed E-state index contributed by atoms with van der Waals surface area (Å²) in [5.41, 5.74) is 0.926. The highest BCUT2D eigenvalue weighted by molar-refractivity contribution is 14.1. The Morgan fingerprint density at radius 1 is 1.24 bits per heavy atom. The van der Waals surface area contributed by atoms with Gasteiger partial charge in [-0.05, 0) is 34.8 Å². The summed E-state index contributed by atoms with van der Waals surface area (Å²) in [6.07, 6.45) is -0.0135. The van der Waals surface area contributed by atoms with Gasteiger partial charge in [0.15, 0.2) is 0 Å². The topological polar surface area (TPSA) is 30.5 Å². The molecular formula is C19H23FINO2S. The molecule has 2 aromatic carbocycles. The molecule has 25 heavy (non-hydrogen) atoms. The molecule has 2 aromatic rings. The Bertz CT molecular complexity index is 653. The molecule has 136 valence electrons. The first-order valence-corrected chi connectivity index (χ1v) is 11.1. The molecule has 0 amide bonds. The molecule has 0 aliphatic carbocycles. The van der Waals surface area contributed by atoms with Gasteiger partial charge in [0.2, 0.25) is 0 Å². The van der Waals surface area contributed by atoms with E-state index in [4.69, 9.17) is 9.47 Å². The summed E-state index contributed by atoms with van der Waals surface area (Å²) in [5, 5.41) is 3.35. The van der Waals surface area contributed by atoms with E-state index in [0.717, 1.165) is 29.3 Å². The largest absolute Gasteiger partial charge is 0.496 e. The third kappa shape index (κ3) is 5.84. The van der Waals surface area contributed by atoms with Crippen molar-refractivity contribution in [3.8, 4) is 5.75 Å². The fraction of sp³-hybridized carbons (Fsp3) is 0.368. The Morgan fingerprint density at radius 3 is 2.72 bits per heavy atom. The van der Waals surface area contributed by atoms with Gasteiger partial charge in [-0.15, -0.1) is 11.8 Å². The molecule has 1 aliphatic rings. The second-order valence-electron chi connectivity index (χ2n) is 5.36. The second kappa shape index (κ2) is 11.0. The van der Waals surface area contributed by atoms with Crippen molar-refractivity contribution in [2.75, 3.05) is 31.7 Å². The van der Waals surface area contributed by atoms with E-state index < -0.39 is 0 Å². The van der Waals surface area contributed by atoms with E-state index in [-0.39, 0.29) is 17.2 Å². The summed E-state index contributed by atoms with van der Waals surface area (Å²) in [5.74, 6) is 0.597. The van der Waals surface area contributed by atoms with Crippen molar-refractivity contribution in [3.63, 3.8) is 0 Å². The standard InChI is InChI=1S/C18H20FNO2S.CH3I/c1-21-15-7-2-3-8-17(15)23-18(16-12-20-9-10-22-16)13-5-4-6-14(19)11-13;1-2/h2-8,11,16,18,20H,9-10,12H2,1H3;1H3/t16-,18-;/m1./s1. The predicted molar refractivity (Wildman–Crippen MR) is 111 cm³/mol. The molecule has 0 radical (unpaired) electrons. The minimum Gasteiger partial charge on any atom is -0.496 e. The summed E-state index contributed by atoms with van der Waals surface area (Å²) in [6, 6.07) is 14.6. The number of benzene rings is 2. The molecule has 0 unspecified atom stereocenters. The number of ether oxygens (including phenoxy) is 2. The number of halogens is 2.